The Bertz CT molecular complexity index is 213. The minimum Gasteiger partial charge on any atom is -0.383 e. The van der Waals surface area contributed by atoms with Crippen LogP contribution in [0, 0.1) is 0 Å². The zero-order chi connectivity index (χ0) is 14.9. The molecule has 120 valence electrons. The molecular weight excluding hydrogens is 246 g/mol. The lowest BCUT2D eigenvalue weighted by atomic mass is 10.0. The first-order chi connectivity index (χ1) is 9.81. The fraction of sp³-hybridized carbons (Fsp3) is 0.889. The van der Waals surface area contributed by atoms with Crippen molar-refractivity contribution in [3.63, 3.8) is 0 Å². The van der Waals surface area contributed by atoms with Gasteiger partial charge < -0.3 is 10.1 Å². The number of rotatable bonds is 15. The first-order valence-corrected chi connectivity index (χ1v) is 8.66. The molecule has 2 nitrogen and oxygen atoms in total. The van der Waals surface area contributed by atoms with Crippen LogP contribution < -0.4 is 5.32 Å². The van der Waals surface area contributed by atoms with Crippen molar-refractivity contribution in [3.8, 4) is 0 Å². The highest BCUT2D eigenvalue weighted by Crippen LogP contribution is 2.12. The minimum absolute atomic E-state index is 0.807. The van der Waals surface area contributed by atoms with Crippen molar-refractivity contribution in [1.82, 2.24) is 5.32 Å². The molecule has 0 atom stereocenters. The fourth-order valence-corrected chi connectivity index (χ4v) is 2.36. The smallest absolute Gasteiger partial charge is 0.0587 e. The molecule has 0 bridgehead atoms. The maximum atomic E-state index is 5.00. The number of ether oxygens (including phenoxy) is 1. The summed E-state index contributed by atoms with van der Waals surface area (Å²) in [4.78, 5) is 0. The second-order valence-electron chi connectivity index (χ2n) is 5.81. The van der Waals surface area contributed by atoms with Crippen LogP contribution in [0.4, 0.5) is 0 Å². The third kappa shape index (κ3) is 15.7. The Balaban J connectivity index is 3.24. The van der Waals surface area contributed by atoms with Crippen LogP contribution in [0.3, 0.4) is 0 Å². The molecule has 0 amide bonds. The summed E-state index contributed by atoms with van der Waals surface area (Å²) in [7, 11) is 1.75. The molecule has 0 spiro atoms. The molecule has 0 aliphatic carbocycles. The van der Waals surface area contributed by atoms with Gasteiger partial charge in [0.25, 0.3) is 0 Å². The van der Waals surface area contributed by atoms with Gasteiger partial charge in [-0.3, -0.25) is 0 Å². The van der Waals surface area contributed by atoms with Gasteiger partial charge in [-0.15, -0.1) is 0 Å². The van der Waals surface area contributed by atoms with Crippen LogP contribution in [-0.4, -0.2) is 26.8 Å². The molecule has 0 saturated heterocycles. The van der Waals surface area contributed by atoms with Gasteiger partial charge in [-0.05, 0) is 32.7 Å². The van der Waals surface area contributed by atoms with Gasteiger partial charge in [0, 0.05) is 13.7 Å². The van der Waals surface area contributed by atoms with Crippen molar-refractivity contribution in [2.24, 2.45) is 0 Å². The second-order valence-corrected chi connectivity index (χ2v) is 5.81. The van der Waals surface area contributed by atoms with Crippen molar-refractivity contribution in [3.05, 3.63) is 11.6 Å². The van der Waals surface area contributed by atoms with Gasteiger partial charge in [-0.25, -0.2) is 0 Å². The summed E-state index contributed by atoms with van der Waals surface area (Å²) in [6, 6.07) is 0. The van der Waals surface area contributed by atoms with E-state index in [1.807, 2.05) is 0 Å². The van der Waals surface area contributed by atoms with E-state index in [9.17, 15) is 0 Å². The van der Waals surface area contributed by atoms with Crippen LogP contribution in [0.1, 0.15) is 78.1 Å². The molecule has 0 aromatic rings. The molecule has 0 aliphatic heterocycles. The molecule has 0 radical (unpaired) electrons. The normalized spacial score (nSPS) is 12.1. The predicted molar refractivity (Wildman–Crippen MR) is 90.3 cm³/mol. The van der Waals surface area contributed by atoms with Crippen molar-refractivity contribution in [2.45, 2.75) is 78.1 Å². The molecular formula is C18H37NO. The van der Waals surface area contributed by atoms with Crippen LogP contribution in [0.2, 0.25) is 0 Å². The van der Waals surface area contributed by atoms with Gasteiger partial charge >= 0.3 is 0 Å². The van der Waals surface area contributed by atoms with Gasteiger partial charge in [0.1, 0.15) is 0 Å². The van der Waals surface area contributed by atoms with Crippen LogP contribution in [0.15, 0.2) is 11.6 Å². The summed E-state index contributed by atoms with van der Waals surface area (Å²) in [5, 5.41) is 3.37. The largest absolute Gasteiger partial charge is 0.383 e. The SMILES string of the molecule is CCCCCCCCCCC(C)=CCCNCCOC. The summed E-state index contributed by atoms with van der Waals surface area (Å²) >= 11 is 0. The van der Waals surface area contributed by atoms with Gasteiger partial charge in [0.05, 0.1) is 6.61 Å². The molecule has 0 unspecified atom stereocenters. The lowest BCUT2D eigenvalue weighted by Crippen LogP contribution is -2.19. The molecule has 20 heavy (non-hydrogen) atoms. The summed E-state index contributed by atoms with van der Waals surface area (Å²) < 4.78 is 5.00. The summed E-state index contributed by atoms with van der Waals surface area (Å²) in [6.45, 7) is 7.39. The third-order valence-corrected chi connectivity index (χ3v) is 3.72. The Kier molecular flexibility index (Phi) is 16.4. The average molecular weight is 284 g/mol. The van der Waals surface area contributed by atoms with Crippen molar-refractivity contribution in [1.29, 1.82) is 0 Å². The number of unbranched alkanes of at least 4 members (excludes halogenated alkanes) is 7. The molecule has 0 aliphatic rings. The molecule has 0 aromatic carbocycles. The van der Waals surface area contributed by atoms with E-state index in [1.54, 1.807) is 12.7 Å². The van der Waals surface area contributed by atoms with E-state index >= 15 is 0 Å². The zero-order valence-electron chi connectivity index (χ0n) is 14.2. The summed E-state index contributed by atoms with van der Waals surface area (Å²) in [5.41, 5.74) is 1.56. The molecule has 0 aromatic heterocycles. The van der Waals surface area contributed by atoms with Crippen LogP contribution in [-0.2, 0) is 4.74 Å². The number of hydrogen-bond donors (Lipinski definition) is 1. The topological polar surface area (TPSA) is 21.3 Å². The first-order valence-electron chi connectivity index (χ1n) is 8.66. The van der Waals surface area contributed by atoms with E-state index in [0.717, 1.165) is 26.1 Å². The van der Waals surface area contributed by atoms with E-state index in [-0.39, 0.29) is 0 Å². The van der Waals surface area contributed by atoms with Gasteiger partial charge in [0.15, 0.2) is 0 Å². The molecule has 0 fully saturated rings. The highest BCUT2D eigenvalue weighted by atomic mass is 16.5. The first kappa shape index (κ1) is 19.7. The standard InChI is InChI=1S/C18H37NO/c1-4-5-6-7-8-9-10-11-13-18(2)14-12-15-19-16-17-20-3/h14,19H,4-13,15-17H2,1-3H3. The Morgan fingerprint density at radius 1 is 0.950 bits per heavy atom. The van der Waals surface area contributed by atoms with Gasteiger partial charge in [-0.1, -0.05) is 63.5 Å². The van der Waals surface area contributed by atoms with E-state index < -0.39 is 0 Å². The van der Waals surface area contributed by atoms with E-state index in [2.05, 4.69) is 25.2 Å². The summed E-state index contributed by atoms with van der Waals surface area (Å²) in [6.07, 6.45) is 16.1. The number of methoxy groups -OCH3 is 1. The maximum absolute atomic E-state index is 5.00. The lowest BCUT2D eigenvalue weighted by Gasteiger charge is -2.04. The van der Waals surface area contributed by atoms with E-state index in [4.69, 9.17) is 4.74 Å². The van der Waals surface area contributed by atoms with E-state index in [1.165, 1.54) is 57.8 Å². The minimum atomic E-state index is 0.807. The maximum Gasteiger partial charge on any atom is 0.0587 e. The van der Waals surface area contributed by atoms with Crippen molar-refractivity contribution in [2.75, 3.05) is 26.8 Å². The predicted octanol–water partition coefficient (Wildman–Crippen LogP) is 5.09. The highest BCUT2D eigenvalue weighted by molar-refractivity contribution is 4.97. The Labute approximate surface area is 127 Å². The van der Waals surface area contributed by atoms with E-state index in [0.29, 0.717) is 0 Å². The fourth-order valence-electron chi connectivity index (χ4n) is 2.36. The monoisotopic (exact) mass is 283 g/mol. The van der Waals surface area contributed by atoms with Crippen molar-refractivity contribution >= 4 is 0 Å². The average Bonchev–Trinajstić information content (AvgIpc) is 2.45. The zero-order valence-corrected chi connectivity index (χ0v) is 14.2. The molecule has 0 rings (SSSR count). The molecule has 0 heterocycles. The Morgan fingerprint density at radius 3 is 2.25 bits per heavy atom. The number of allylic oxidation sites excluding steroid dienone is 1. The van der Waals surface area contributed by atoms with Gasteiger partial charge in [0.2, 0.25) is 0 Å². The van der Waals surface area contributed by atoms with Crippen molar-refractivity contribution < 1.29 is 4.74 Å². The molecule has 0 saturated carbocycles. The second kappa shape index (κ2) is 16.7. The summed E-state index contributed by atoms with van der Waals surface area (Å²) in [5.74, 6) is 0. The molecule has 2 heteroatoms. The lowest BCUT2D eigenvalue weighted by molar-refractivity contribution is 0.199. The van der Waals surface area contributed by atoms with Crippen LogP contribution in [0.5, 0.6) is 0 Å². The Hall–Kier alpha value is -0.340. The van der Waals surface area contributed by atoms with Crippen LogP contribution in [0.25, 0.3) is 0 Å². The Morgan fingerprint density at radius 2 is 1.60 bits per heavy atom. The van der Waals surface area contributed by atoms with Gasteiger partial charge in [-0.2, -0.15) is 0 Å². The third-order valence-electron chi connectivity index (χ3n) is 3.72. The number of nitrogens with one attached hydrogen (secondary N) is 1. The van der Waals surface area contributed by atoms with Crippen LogP contribution >= 0.6 is 0 Å². The molecule has 1 N–H and O–H groups in total. The quantitative estimate of drug-likeness (QED) is 0.334. The highest BCUT2D eigenvalue weighted by Gasteiger charge is 1.94. The number of hydrogen-bond acceptors (Lipinski definition) is 2.